The van der Waals surface area contributed by atoms with E-state index in [2.05, 4.69) is 45.3 Å². The summed E-state index contributed by atoms with van der Waals surface area (Å²) in [4.78, 5) is 12.1. The fraction of sp³-hybridized carbons (Fsp3) is 0.933. The molecule has 0 aliphatic carbocycles. The summed E-state index contributed by atoms with van der Waals surface area (Å²) in [5.74, 6) is 0.785. The minimum atomic E-state index is -0.109. The molecule has 0 aromatic heterocycles. The third-order valence-electron chi connectivity index (χ3n) is 3.38. The van der Waals surface area contributed by atoms with Gasteiger partial charge in [0.1, 0.15) is 0 Å². The summed E-state index contributed by atoms with van der Waals surface area (Å²) in [5.41, 5.74) is 0.133. The summed E-state index contributed by atoms with van der Waals surface area (Å²) in [6.07, 6.45) is 3.95. The number of hydrogen-bond acceptors (Lipinski definition) is 2. The van der Waals surface area contributed by atoms with Gasteiger partial charge in [0.25, 0.3) is 0 Å². The van der Waals surface area contributed by atoms with Crippen molar-refractivity contribution in [1.82, 2.24) is 10.6 Å². The SMILES string of the molecule is CC(C)(C)CC(C)(C)NC(=O)CC1CCNCC1.Cl. The number of hydrogen-bond donors (Lipinski definition) is 2. The Kier molecular flexibility index (Phi) is 7.38. The Morgan fingerprint density at radius 3 is 2.16 bits per heavy atom. The molecule has 0 aromatic carbocycles. The Hall–Kier alpha value is -0.280. The van der Waals surface area contributed by atoms with Crippen LogP contribution in [0.15, 0.2) is 0 Å². The van der Waals surface area contributed by atoms with E-state index in [-0.39, 0.29) is 29.3 Å². The molecule has 2 N–H and O–H groups in total. The van der Waals surface area contributed by atoms with Crippen LogP contribution in [0.25, 0.3) is 0 Å². The lowest BCUT2D eigenvalue weighted by atomic mass is 9.81. The lowest BCUT2D eigenvalue weighted by Gasteiger charge is -2.34. The van der Waals surface area contributed by atoms with Gasteiger partial charge in [-0.25, -0.2) is 0 Å². The molecule has 4 heteroatoms. The molecule has 0 unspecified atom stereocenters. The zero-order valence-corrected chi connectivity index (χ0v) is 14.0. The van der Waals surface area contributed by atoms with Crippen molar-refractivity contribution in [2.75, 3.05) is 13.1 Å². The summed E-state index contributed by atoms with van der Waals surface area (Å²) in [5, 5.41) is 6.54. The Balaban J connectivity index is 0.00000324. The smallest absolute Gasteiger partial charge is 0.220 e. The van der Waals surface area contributed by atoms with Crippen LogP contribution in [0.2, 0.25) is 0 Å². The van der Waals surface area contributed by atoms with Crippen LogP contribution in [0.5, 0.6) is 0 Å². The first-order chi connectivity index (χ1) is 8.18. The number of carbonyl (C=O) groups excluding carboxylic acids is 1. The second-order valence-corrected chi connectivity index (χ2v) is 7.57. The normalized spacial score (nSPS) is 17.7. The lowest BCUT2D eigenvalue weighted by molar-refractivity contribution is -0.124. The van der Waals surface area contributed by atoms with Crippen molar-refractivity contribution in [2.24, 2.45) is 11.3 Å². The second kappa shape index (κ2) is 7.49. The van der Waals surface area contributed by atoms with Crippen molar-refractivity contribution < 1.29 is 4.79 Å². The average Bonchev–Trinajstić information content (AvgIpc) is 2.13. The molecule has 1 saturated heterocycles. The first-order valence-electron chi connectivity index (χ1n) is 7.20. The minimum absolute atomic E-state index is 0. The monoisotopic (exact) mass is 290 g/mol. The van der Waals surface area contributed by atoms with Crippen molar-refractivity contribution >= 4 is 18.3 Å². The first kappa shape index (κ1) is 18.7. The van der Waals surface area contributed by atoms with Crippen LogP contribution in [-0.2, 0) is 4.79 Å². The number of amides is 1. The Bertz CT molecular complexity index is 278. The van der Waals surface area contributed by atoms with Gasteiger partial charge in [0.2, 0.25) is 5.91 Å². The molecule has 1 rings (SSSR count). The molecule has 1 fully saturated rings. The van der Waals surface area contributed by atoms with E-state index in [1.807, 2.05) is 0 Å². The third kappa shape index (κ3) is 8.48. The standard InChI is InChI=1S/C15H30N2O.ClH/c1-14(2,3)11-15(4,5)17-13(18)10-12-6-8-16-9-7-12;/h12,16H,6-11H2,1-5H3,(H,17,18);1H. The molecule has 0 atom stereocenters. The highest BCUT2D eigenvalue weighted by molar-refractivity contribution is 5.85. The van der Waals surface area contributed by atoms with E-state index in [0.29, 0.717) is 12.3 Å². The Labute approximate surface area is 124 Å². The number of carbonyl (C=O) groups is 1. The van der Waals surface area contributed by atoms with Gasteiger partial charge in [0, 0.05) is 12.0 Å². The van der Waals surface area contributed by atoms with Crippen LogP contribution < -0.4 is 10.6 Å². The summed E-state index contributed by atoms with van der Waals surface area (Å²) < 4.78 is 0. The van der Waals surface area contributed by atoms with E-state index >= 15 is 0 Å². The maximum absolute atomic E-state index is 12.1. The van der Waals surface area contributed by atoms with Gasteiger partial charge in [-0.1, -0.05) is 20.8 Å². The predicted molar refractivity (Wildman–Crippen MR) is 83.8 cm³/mol. The number of halogens is 1. The summed E-state index contributed by atoms with van der Waals surface area (Å²) in [6.45, 7) is 13.0. The van der Waals surface area contributed by atoms with E-state index in [0.717, 1.165) is 32.4 Å². The van der Waals surface area contributed by atoms with Gasteiger partial charge in [0.15, 0.2) is 0 Å². The van der Waals surface area contributed by atoms with Crippen molar-refractivity contribution in [3.05, 3.63) is 0 Å². The Morgan fingerprint density at radius 1 is 1.16 bits per heavy atom. The van der Waals surface area contributed by atoms with Crippen LogP contribution >= 0.6 is 12.4 Å². The highest BCUT2D eigenvalue weighted by Gasteiger charge is 2.27. The maximum atomic E-state index is 12.1. The highest BCUT2D eigenvalue weighted by Crippen LogP contribution is 2.27. The average molecular weight is 291 g/mol. The van der Waals surface area contributed by atoms with E-state index in [9.17, 15) is 4.79 Å². The lowest BCUT2D eigenvalue weighted by Crippen LogP contribution is -2.46. The van der Waals surface area contributed by atoms with Gasteiger partial charge >= 0.3 is 0 Å². The van der Waals surface area contributed by atoms with Crippen LogP contribution in [0.4, 0.5) is 0 Å². The molecule has 0 radical (unpaired) electrons. The molecular weight excluding hydrogens is 260 g/mol. The fourth-order valence-corrected chi connectivity index (χ4v) is 3.15. The molecule has 1 aliphatic heterocycles. The number of nitrogens with one attached hydrogen (secondary N) is 2. The molecule has 0 saturated carbocycles. The van der Waals surface area contributed by atoms with Crippen LogP contribution in [-0.4, -0.2) is 24.5 Å². The van der Waals surface area contributed by atoms with Crippen LogP contribution in [0.3, 0.4) is 0 Å². The van der Waals surface area contributed by atoms with Crippen molar-refractivity contribution in [3.63, 3.8) is 0 Å². The van der Waals surface area contributed by atoms with Gasteiger partial charge < -0.3 is 10.6 Å². The molecule has 1 amide bonds. The minimum Gasteiger partial charge on any atom is -0.351 e. The van der Waals surface area contributed by atoms with Crippen LogP contribution in [0.1, 0.15) is 60.3 Å². The van der Waals surface area contributed by atoms with Gasteiger partial charge in [0.05, 0.1) is 0 Å². The largest absolute Gasteiger partial charge is 0.351 e. The van der Waals surface area contributed by atoms with Gasteiger partial charge in [-0.05, 0) is 57.5 Å². The van der Waals surface area contributed by atoms with E-state index in [4.69, 9.17) is 0 Å². The molecule has 3 nitrogen and oxygen atoms in total. The zero-order chi connectivity index (χ0) is 13.8. The molecule has 1 heterocycles. The molecular formula is C15H31ClN2O. The van der Waals surface area contributed by atoms with Crippen molar-refractivity contribution in [2.45, 2.75) is 65.8 Å². The van der Waals surface area contributed by atoms with E-state index < -0.39 is 0 Å². The summed E-state index contributed by atoms with van der Waals surface area (Å²) >= 11 is 0. The first-order valence-corrected chi connectivity index (χ1v) is 7.20. The molecule has 1 aliphatic rings. The van der Waals surface area contributed by atoms with E-state index in [1.54, 1.807) is 0 Å². The maximum Gasteiger partial charge on any atom is 0.220 e. The molecule has 0 aromatic rings. The molecule has 0 spiro atoms. The summed E-state index contributed by atoms with van der Waals surface area (Å²) in [7, 11) is 0. The Morgan fingerprint density at radius 2 is 1.68 bits per heavy atom. The van der Waals surface area contributed by atoms with Gasteiger partial charge in [-0.2, -0.15) is 0 Å². The fourth-order valence-electron chi connectivity index (χ4n) is 3.15. The number of piperidine rings is 1. The van der Waals surface area contributed by atoms with E-state index in [1.165, 1.54) is 0 Å². The molecule has 114 valence electrons. The molecule has 19 heavy (non-hydrogen) atoms. The second-order valence-electron chi connectivity index (χ2n) is 7.57. The zero-order valence-electron chi connectivity index (χ0n) is 13.1. The van der Waals surface area contributed by atoms with Crippen LogP contribution in [0, 0.1) is 11.3 Å². The van der Waals surface area contributed by atoms with Gasteiger partial charge in [-0.15, -0.1) is 12.4 Å². The summed E-state index contributed by atoms with van der Waals surface area (Å²) in [6, 6.07) is 0. The number of rotatable bonds is 4. The van der Waals surface area contributed by atoms with Crippen molar-refractivity contribution in [3.8, 4) is 0 Å². The molecule has 0 bridgehead atoms. The van der Waals surface area contributed by atoms with Crippen molar-refractivity contribution in [1.29, 1.82) is 0 Å². The highest BCUT2D eigenvalue weighted by atomic mass is 35.5. The van der Waals surface area contributed by atoms with Gasteiger partial charge in [-0.3, -0.25) is 4.79 Å². The topological polar surface area (TPSA) is 41.1 Å². The third-order valence-corrected chi connectivity index (χ3v) is 3.38. The predicted octanol–water partition coefficient (Wildman–Crippen LogP) is 3.13. The quantitative estimate of drug-likeness (QED) is 0.835.